The molecule has 1 fully saturated rings. The number of amides is 1. The zero-order chi connectivity index (χ0) is 19.8. The van der Waals surface area contributed by atoms with E-state index in [0.29, 0.717) is 16.9 Å². The van der Waals surface area contributed by atoms with Crippen LogP contribution in [0.2, 0.25) is 0 Å². The molecule has 0 aliphatic carbocycles. The van der Waals surface area contributed by atoms with Crippen molar-refractivity contribution in [2.75, 3.05) is 6.54 Å². The Morgan fingerprint density at radius 2 is 2.04 bits per heavy atom. The summed E-state index contributed by atoms with van der Waals surface area (Å²) in [4.78, 5) is 18.2. The third-order valence-electron chi connectivity index (χ3n) is 4.84. The maximum absolute atomic E-state index is 14.0. The minimum atomic E-state index is -1.78. The Kier molecular flexibility index (Phi) is 4.62. The summed E-state index contributed by atoms with van der Waals surface area (Å²) >= 11 is 0. The number of hydrogen-bond acceptors (Lipinski definition) is 3. The van der Waals surface area contributed by atoms with Gasteiger partial charge in [-0.05, 0) is 13.0 Å². The average molecular weight is 386 g/mol. The van der Waals surface area contributed by atoms with E-state index < -0.39 is 17.8 Å². The third-order valence-corrected chi connectivity index (χ3v) is 4.84. The zero-order valence-electron chi connectivity index (χ0n) is 15.1. The highest BCUT2D eigenvalue weighted by Crippen LogP contribution is 2.30. The van der Waals surface area contributed by atoms with Crippen molar-refractivity contribution >= 4 is 11.6 Å². The molecule has 4 rings (SSSR count). The second-order valence-corrected chi connectivity index (χ2v) is 6.83. The topological polar surface area (TPSA) is 50.5 Å². The number of aromatic nitrogens is 3. The van der Waals surface area contributed by atoms with E-state index in [0.717, 1.165) is 11.6 Å². The SMILES string of the molecule is Cc1nc2c(CN3CC(C=C(F)F)CC3=O)c(-c3ccccc3)nn2cc1F. The molecule has 1 aliphatic heterocycles. The van der Waals surface area contributed by atoms with E-state index >= 15 is 0 Å². The van der Waals surface area contributed by atoms with Crippen LogP contribution in [0.5, 0.6) is 0 Å². The molecule has 1 saturated heterocycles. The Labute approximate surface area is 159 Å². The summed E-state index contributed by atoms with van der Waals surface area (Å²) in [6, 6.07) is 9.31. The number of fused-ring (bicyclic) bond motifs is 1. The number of carbonyl (C=O) groups excluding carboxylic acids is 1. The quantitative estimate of drug-likeness (QED) is 0.682. The van der Waals surface area contributed by atoms with Gasteiger partial charge in [-0.25, -0.2) is 13.9 Å². The van der Waals surface area contributed by atoms with Crippen LogP contribution in [0.1, 0.15) is 17.7 Å². The largest absolute Gasteiger partial charge is 0.338 e. The van der Waals surface area contributed by atoms with Gasteiger partial charge in [0.2, 0.25) is 5.91 Å². The smallest absolute Gasteiger partial charge is 0.266 e. The van der Waals surface area contributed by atoms with Gasteiger partial charge in [0, 0.05) is 30.0 Å². The summed E-state index contributed by atoms with van der Waals surface area (Å²) < 4.78 is 40.5. The van der Waals surface area contributed by atoms with Crippen molar-refractivity contribution in [1.82, 2.24) is 19.5 Å². The summed E-state index contributed by atoms with van der Waals surface area (Å²) in [6.45, 7) is 1.92. The summed E-state index contributed by atoms with van der Waals surface area (Å²) in [5, 5.41) is 4.46. The van der Waals surface area contributed by atoms with Crippen molar-refractivity contribution in [3.8, 4) is 11.3 Å². The lowest BCUT2D eigenvalue weighted by Gasteiger charge is -2.16. The molecule has 1 amide bonds. The van der Waals surface area contributed by atoms with Gasteiger partial charge in [-0.2, -0.15) is 13.9 Å². The van der Waals surface area contributed by atoms with Crippen molar-refractivity contribution < 1.29 is 18.0 Å². The van der Waals surface area contributed by atoms with E-state index in [1.165, 1.54) is 15.6 Å². The number of halogens is 3. The molecule has 1 unspecified atom stereocenters. The highest BCUT2D eigenvalue weighted by Gasteiger charge is 2.31. The van der Waals surface area contributed by atoms with E-state index in [9.17, 15) is 18.0 Å². The van der Waals surface area contributed by atoms with E-state index in [2.05, 4.69) is 10.1 Å². The van der Waals surface area contributed by atoms with E-state index in [4.69, 9.17) is 0 Å². The van der Waals surface area contributed by atoms with Gasteiger partial charge in [-0.15, -0.1) is 0 Å². The van der Waals surface area contributed by atoms with E-state index in [-0.39, 0.29) is 31.1 Å². The Bertz CT molecular complexity index is 1070. The number of hydrogen-bond donors (Lipinski definition) is 0. The minimum Gasteiger partial charge on any atom is -0.338 e. The Morgan fingerprint density at radius 3 is 2.75 bits per heavy atom. The Balaban J connectivity index is 1.78. The van der Waals surface area contributed by atoms with Gasteiger partial charge in [-0.3, -0.25) is 4.79 Å². The molecule has 1 aliphatic rings. The number of carbonyl (C=O) groups is 1. The molecule has 144 valence electrons. The van der Waals surface area contributed by atoms with Crippen LogP contribution in [0.3, 0.4) is 0 Å². The molecule has 5 nitrogen and oxygen atoms in total. The minimum absolute atomic E-state index is 0.0400. The number of likely N-dealkylation sites (tertiary alicyclic amines) is 1. The van der Waals surface area contributed by atoms with Crippen molar-refractivity contribution in [3.05, 3.63) is 65.8 Å². The third kappa shape index (κ3) is 3.37. The standard InChI is InChI=1S/C20H17F3N4O/c1-12-16(21)11-27-20(24-12)15(19(25-27)14-5-3-2-4-6-14)10-26-9-13(7-17(22)23)8-18(26)28/h2-7,11,13H,8-10H2,1H3. The molecular formula is C20H17F3N4O. The van der Waals surface area contributed by atoms with Crippen LogP contribution in [-0.2, 0) is 11.3 Å². The van der Waals surface area contributed by atoms with Crippen LogP contribution in [-0.4, -0.2) is 31.9 Å². The first kappa shape index (κ1) is 18.2. The lowest BCUT2D eigenvalue weighted by Crippen LogP contribution is -2.24. The molecule has 0 saturated carbocycles. The van der Waals surface area contributed by atoms with Crippen LogP contribution in [0.15, 0.2) is 48.7 Å². The van der Waals surface area contributed by atoms with Gasteiger partial charge in [-0.1, -0.05) is 30.3 Å². The molecule has 8 heteroatoms. The molecule has 0 bridgehead atoms. The predicted molar refractivity (Wildman–Crippen MR) is 96.9 cm³/mol. The summed E-state index contributed by atoms with van der Waals surface area (Å²) in [5.74, 6) is -1.21. The fraction of sp³-hybridized carbons (Fsp3) is 0.250. The molecule has 0 radical (unpaired) electrons. The Hall–Kier alpha value is -3.16. The van der Waals surface area contributed by atoms with E-state index in [1.807, 2.05) is 30.3 Å². The van der Waals surface area contributed by atoms with Crippen LogP contribution >= 0.6 is 0 Å². The first-order valence-corrected chi connectivity index (χ1v) is 8.82. The normalized spacial score (nSPS) is 16.8. The maximum Gasteiger partial charge on any atom is 0.266 e. The van der Waals surface area contributed by atoms with Crippen molar-refractivity contribution in [3.63, 3.8) is 0 Å². The molecule has 2 aromatic heterocycles. The van der Waals surface area contributed by atoms with Gasteiger partial charge in [0.1, 0.15) is 5.69 Å². The highest BCUT2D eigenvalue weighted by atomic mass is 19.3. The lowest BCUT2D eigenvalue weighted by molar-refractivity contribution is -0.128. The summed E-state index contributed by atoms with van der Waals surface area (Å²) in [5.41, 5.74) is 2.72. The van der Waals surface area contributed by atoms with Crippen molar-refractivity contribution in [2.45, 2.75) is 19.9 Å². The number of rotatable bonds is 4. The molecule has 1 atom stereocenters. The molecule has 3 heterocycles. The molecular weight excluding hydrogens is 369 g/mol. The van der Waals surface area contributed by atoms with Gasteiger partial charge < -0.3 is 4.90 Å². The van der Waals surface area contributed by atoms with Crippen LogP contribution in [0.25, 0.3) is 16.9 Å². The van der Waals surface area contributed by atoms with Gasteiger partial charge in [0.15, 0.2) is 11.5 Å². The summed E-state index contributed by atoms with van der Waals surface area (Å²) in [7, 11) is 0. The van der Waals surface area contributed by atoms with Gasteiger partial charge >= 0.3 is 0 Å². The van der Waals surface area contributed by atoms with Crippen LogP contribution in [0.4, 0.5) is 13.2 Å². The van der Waals surface area contributed by atoms with Gasteiger partial charge in [0.05, 0.1) is 18.4 Å². The van der Waals surface area contributed by atoms with Crippen molar-refractivity contribution in [1.29, 1.82) is 0 Å². The summed E-state index contributed by atoms with van der Waals surface area (Å²) in [6.07, 6.45) is 0.333. The zero-order valence-corrected chi connectivity index (χ0v) is 15.1. The maximum atomic E-state index is 14.0. The fourth-order valence-electron chi connectivity index (χ4n) is 3.49. The van der Waals surface area contributed by atoms with Crippen molar-refractivity contribution in [2.24, 2.45) is 5.92 Å². The predicted octanol–water partition coefficient (Wildman–Crippen LogP) is 3.97. The fourth-order valence-corrected chi connectivity index (χ4v) is 3.49. The van der Waals surface area contributed by atoms with Crippen LogP contribution in [0, 0.1) is 18.7 Å². The molecule has 3 aromatic rings. The number of benzene rings is 1. The second kappa shape index (κ2) is 7.10. The molecule has 1 aromatic carbocycles. The first-order chi connectivity index (χ1) is 13.4. The Morgan fingerprint density at radius 1 is 1.29 bits per heavy atom. The van der Waals surface area contributed by atoms with Crippen LogP contribution < -0.4 is 0 Å². The number of nitrogens with zero attached hydrogens (tertiary/aromatic N) is 4. The highest BCUT2D eigenvalue weighted by molar-refractivity contribution is 5.80. The molecule has 0 spiro atoms. The first-order valence-electron chi connectivity index (χ1n) is 8.82. The molecule has 28 heavy (non-hydrogen) atoms. The lowest BCUT2D eigenvalue weighted by atomic mass is 10.1. The second-order valence-electron chi connectivity index (χ2n) is 6.83. The van der Waals surface area contributed by atoms with Gasteiger partial charge in [0.25, 0.3) is 6.08 Å². The average Bonchev–Trinajstić information content (AvgIpc) is 3.16. The number of aryl methyl sites for hydroxylation is 1. The monoisotopic (exact) mass is 386 g/mol. The van der Waals surface area contributed by atoms with E-state index in [1.54, 1.807) is 6.92 Å². The molecule has 0 N–H and O–H groups in total.